The number of nitrogens with zero attached hydrogens (tertiary/aromatic N) is 1. The highest BCUT2D eigenvalue weighted by molar-refractivity contribution is 5.08. The molecule has 0 aromatic carbocycles. The van der Waals surface area contributed by atoms with E-state index in [1.807, 2.05) is 0 Å². The van der Waals surface area contributed by atoms with Crippen molar-refractivity contribution in [3.05, 3.63) is 11.6 Å². The molecule has 0 spiro atoms. The Hall–Kier alpha value is -0.300. The zero-order chi connectivity index (χ0) is 6.69. The number of hydrogen-bond acceptors (Lipinski definition) is 1. The van der Waals surface area contributed by atoms with E-state index in [2.05, 4.69) is 24.8 Å². The predicted octanol–water partition coefficient (Wildman–Crippen LogP) is 1.66. The summed E-state index contributed by atoms with van der Waals surface area (Å²) >= 11 is 0. The maximum Gasteiger partial charge on any atom is 0.0193 e. The Morgan fingerprint density at radius 3 is 2.89 bits per heavy atom. The molecular weight excluding hydrogens is 110 g/mol. The van der Waals surface area contributed by atoms with Crippen LogP contribution in [-0.2, 0) is 0 Å². The van der Waals surface area contributed by atoms with Crippen LogP contribution in [0.4, 0.5) is 0 Å². The lowest BCUT2D eigenvalue weighted by Gasteiger charge is -2.12. The van der Waals surface area contributed by atoms with Gasteiger partial charge in [0.1, 0.15) is 0 Å². The molecule has 52 valence electrons. The summed E-state index contributed by atoms with van der Waals surface area (Å²) in [6, 6.07) is 0. The molecule has 0 amide bonds. The highest BCUT2D eigenvalue weighted by Crippen LogP contribution is 2.07. The smallest absolute Gasteiger partial charge is 0.0193 e. The van der Waals surface area contributed by atoms with E-state index in [0.29, 0.717) is 0 Å². The van der Waals surface area contributed by atoms with E-state index in [-0.39, 0.29) is 0 Å². The zero-order valence-corrected chi connectivity index (χ0v) is 6.35. The SMILES string of the molecule is CCCN1CC=C(C)C1. The first-order valence-electron chi connectivity index (χ1n) is 3.71. The third-order valence-corrected chi connectivity index (χ3v) is 1.71. The standard InChI is InChI=1S/C8H15N/c1-3-5-9-6-4-8(2)7-9/h4H,3,5-7H2,1-2H3. The van der Waals surface area contributed by atoms with Gasteiger partial charge in [0.15, 0.2) is 0 Å². The quantitative estimate of drug-likeness (QED) is 0.507. The second kappa shape index (κ2) is 3.02. The van der Waals surface area contributed by atoms with Crippen LogP contribution in [0.1, 0.15) is 20.3 Å². The molecule has 1 aliphatic heterocycles. The topological polar surface area (TPSA) is 3.24 Å². The van der Waals surface area contributed by atoms with Crippen molar-refractivity contribution in [2.24, 2.45) is 0 Å². The van der Waals surface area contributed by atoms with Gasteiger partial charge in [-0.25, -0.2) is 0 Å². The van der Waals surface area contributed by atoms with Crippen LogP contribution in [0.3, 0.4) is 0 Å². The zero-order valence-electron chi connectivity index (χ0n) is 6.35. The van der Waals surface area contributed by atoms with Crippen molar-refractivity contribution in [2.75, 3.05) is 19.6 Å². The largest absolute Gasteiger partial charge is 0.296 e. The van der Waals surface area contributed by atoms with E-state index < -0.39 is 0 Å². The Kier molecular flexibility index (Phi) is 2.29. The van der Waals surface area contributed by atoms with Crippen molar-refractivity contribution in [3.8, 4) is 0 Å². The Balaban J connectivity index is 2.21. The summed E-state index contributed by atoms with van der Waals surface area (Å²) in [6.45, 7) is 8.07. The third-order valence-electron chi connectivity index (χ3n) is 1.71. The highest BCUT2D eigenvalue weighted by Gasteiger charge is 2.07. The number of rotatable bonds is 2. The second-order valence-corrected chi connectivity index (χ2v) is 2.79. The van der Waals surface area contributed by atoms with Crippen molar-refractivity contribution in [2.45, 2.75) is 20.3 Å². The van der Waals surface area contributed by atoms with Crippen molar-refractivity contribution < 1.29 is 0 Å². The van der Waals surface area contributed by atoms with Crippen LogP contribution in [0.25, 0.3) is 0 Å². The molecule has 0 fully saturated rings. The molecule has 1 nitrogen and oxygen atoms in total. The van der Waals surface area contributed by atoms with Gasteiger partial charge in [-0.15, -0.1) is 0 Å². The minimum Gasteiger partial charge on any atom is -0.296 e. The molecule has 9 heavy (non-hydrogen) atoms. The minimum atomic E-state index is 1.18. The average Bonchev–Trinajstić information content (AvgIpc) is 2.17. The molecule has 0 unspecified atom stereocenters. The van der Waals surface area contributed by atoms with E-state index in [0.717, 1.165) is 0 Å². The lowest BCUT2D eigenvalue weighted by Crippen LogP contribution is -2.21. The van der Waals surface area contributed by atoms with Crippen molar-refractivity contribution in [3.63, 3.8) is 0 Å². The predicted molar refractivity (Wildman–Crippen MR) is 40.5 cm³/mol. The van der Waals surface area contributed by atoms with Gasteiger partial charge in [-0.1, -0.05) is 18.6 Å². The monoisotopic (exact) mass is 125 g/mol. The van der Waals surface area contributed by atoms with E-state index in [1.54, 1.807) is 0 Å². The van der Waals surface area contributed by atoms with E-state index >= 15 is 0 Å². The van der Waals surface area contributed by atoms with E-state index in [1.165, 1.54) is 31.6 Å². The van der Waals surface area contributed by atoms with Crippen LogP contribution in [0.2, 0.25) is 0 Å². The van der Waals surface area contributed by atoms with Crippen molar-refractivity contribution in [1.82, 2.24) is 4.90 Å². The van der Waals surface area contributed by atoms with E-state index in [9.17, 15) is 0 Å². The van der Waals surface area contributed by atoms with Gasteiger partial charge in [0.2, 0.25) is 0 Å². The first kappa shape index (κ1) is 6.81. The summed E-state index contributed by atoms with van der Waals surface area (Å²) in [5.74, 6) is 0. The Morgan fingerprint density at radius 2 is 2.44 bits per heavy atom. The molecule has 1 heteroatoms. The maximum atomic E-state index is 2.47. The molecule has 0 aromatic heterocycles. The molecule has 0 radical (unpaired) electrons. The summed E-state index contributed by atoms with van der Waals surface area (Å²) in [7, 11) is 0. The van der Waals surface area contributed by atoms with Crippen LogP contribution in [-0.4, -0.2) is 24.5 Å². The molecule has 1 heterocycles. The molecule has 0 saturated carbocycles. The Labute approximate surface area is 57.4 Å². The Morgan fingerprint density at radius 1 is 1.67 bits per heavy atom. The summed E-state index contributed by atoms with van der Waals surface area (Å²) < 4.78 is 0. The van der Waals surface area contributed by atoms with Gasteiger partial charge in [0.25, 0.3) is 0 Å². The van der Waals surface area contributed by atoms with Gasteiger partial charge in [0.05, 0.1) is 0 Å². The van der Waals surface area contributed by atoms with Gasteiger partial charge < -0.3 is 0 Å². The molecular formula is C8H15N. The minimum absolute atomic E-state index is 1.18. The van der Waals surface area contributed by atoms with Gasteiger partial charge in [-0.2, -0.15) is 0 Å². The number of hydrogen-bond donors (Lipinski definition) is 0. The van der Waals surface area contributed by atoms with Crippen LogP contribution in [0.5, 0.6) is 0 Å². The van der Waals surface area contributed by atoms with Gasteiger partial charge in [0, 0.05) is 13.1 Å². The van der Waals surface area contributed by atoms with Crippen molar-refractivity contribution >= 4 is 0 Å². The van der Waals surface area contributed by atoms with Crippen LogP contribution in [0.15, 0.2) is 11.6 Å². The lowest BCUT2D eigenvalue weighted by molar-refractivity contribution is 0.349. The fourth-order valence-corrected chi connectivity index (χ4v) is 1.25. The normalized spacial score (nSPS) is 20.4. The molecule has 0 saturated heterocycles. The average molecular weight is 125 g/mol. The molecule has 0 N–H and O–H groups in total. The van der Waals surface area contributed by atoms with Crippen LogP contribution in [0, 0.1) is 0 Å². The van der Waals surface area contributed by atoms with Crippen molar-refractivity contribution in [1.29, 1.82) is 0 Å². The van der Waals surface area contributed by atoms with Crippen LogP contribution >= 0.6 is 0 Å². The van der Waals surface area contributed by atoms with Gasteiger partial charge in [-0.3, -0.25) is 4.90 Å². The molecule has 0 bridgehead atoms. The fourth-order valence-electron chi connectivity index (χ4n) is 1.25. The molecule has 0 atom stereocenters. The Bertz CT molecular complexity index is 116. The van der Waals surface area contributed by atoms with E-state index in [4.69, 9.17) is 0 Å². The maximum absolute atomic E-state index is 2.47. The summed E-state index contributed by atoms with van der Waals surface area (Å²) in [5.41, 5.74) is 1.53. The van der Waals surface area contributed by atoms with Gasteiger partial charge in [-0.05, 0) is 19.9 Å². The van der Waals surface area contributed by atoms with Gasteiger partial charge >= 0.3 is 0 Å². The summed E-state index contributed by atoms with van der Waals surface area (Å²) in [6.07, 6.45) is 3.59. The highest BCUT2D eigenvalue weighted by atomic mass is 15.1. The molecule has 0 aliphatic carbocycles. The summed E-state index contributed by atoms with van der Waals surface area (Å²) in [5, 5.41) is 0. The molecule has 0 aromatic rings. The first-order chi connectivity index (χ1) is 4.33. The molecule has 1 rings (SSSR count). The third kappa shape index (κ3) is 1.83. The van der Waals surface area contributed by atoms with Crippen LogP contribution < -0.4 is 0 Å². The second-order valence-electron chi connectivity index (χ2n) is 2.79. The lowest BCUT2D eigenvalue weighted by atomic mass is 10.3. The fraction of sp³-hybridized carbons (Fsp3) is 0.750. The summed E-state index contributed by atoms with van der Waals surface area (Å²) in [4.78, 5) is 2.47. The molecule has 1 aliphatic rings. The first-order valence-corrected chi connectivity index (χ1v) is 3.71.